The molecule has 0 spiro atoms. The number of fused-ring (bicyclic) bond motifs is 1. The van der Waals surface area contributed by atoms with E-state index in [0.29, 0.717) is 33.8 Å². The molecule has 4 rings (SSSR count). The van der Waals surface area contributed by atoms with E-state index >= 15 is 0 Å². The van der Waals surface area contributed by atoms with Crippen LogP contribution in [0, 0.1) is 0 Å². The summed E-state index contributed by atoms with van der Waals surface area (Å²) in [6, 6.07) is 17.9. The van der Waals surface area contributed by atoms with Gasteiger partial charge in [-0.25, -0.2) is 4.90 Å². The topological polar surface area (TPSA) is 75.7 Å². The lowest BCUT2D eigenvalue weighted by Gasteiger charge is -2.16. The Morgan fingerprint density at radius 1 is 0.931 bits per heavy atom. The Morgan fingerprint density at radius 2 is 1.62 bits per heavy atom. The number of methoxy groups -OCH3 is 1. The highest BCUT2D eigenvalue weighted by molar-refractivity contribution is 6.37. The fraction of sp³-hybridized carbons (Fsp3) is 0.0455. The maximum atomic E-state index is 12.6. The highest BCUT2D eigenvalue weighted by Gasteiger charge is 2.36. The van der Waals surface area contributed by atoms with Crippen LogP contribution in [0.5, 0.6) is 5.75 Å². The molecule has 1 aliphatic heterocycles. The first-order chi connectivity index (χ1) is 14.0. The van der Waals surface area contributed by atoms with Crippen molar-refractivity contribution in [2.45, 2.75) is 0 Å². The first kappa shape index (κ1) is 18.7. The summed E-state index contributed by atoms with van der Waals surface area (Å²) in [7, 11) is 1.52. The molecule has 0 saturated carbocycles. The third-order valence-corrected chi connectivity index (χ3v) is 4.90. The van der Waals surface area contributed by atoms with Gasteiger partial charge in [0.1, 0.15) is 5.75 Å². The van der Waals surface area contributed by atoms with Crippen molar-refractivity contribution in [3.05, 3.63) is 88.4 Å². The molecule has 1 N–H and O–H groups in total. The van der Waals surface area contributed by atoms with E-state index in [4.69, 9.17) is 16.3 Å². The van der Waals surface area contributed by atoms with Crippen molar-refractivity contribution in [1.29, 1.82) is 0 Å². The van der Waals surface area contributed by atoms with Gasteiger partial charge in [-0.2, -0.15) is 0 Å². The molecule has 1 heterocycles. The lowest BCUT2D eigenvalue weighted by Crippen LogP contribution is -2.29. The Bertz CT molecular complexity index is 1120. The van der Waals surface area contributed by atoms with E-state index in [9.17, 15) is 14.4 Å². The van der Waals surface area contributed by atoms with Crippen molar-refractivity contribution in [2.75, 3.05) is 17.3 Å². The normalized spacial score (nSPS) is 12.7. The Kier molecular flexibility index (Phi) is 4.78. The number of anilines is 2. The molecular formula is C22H15ClN2O4. The van der Waals surface area contributed by atoms with Crippen molar-refractivity contribution in [3.8, 4) is 5.75 Å². The van der Waals surface area contributed by atoms with Crippen molar-refractivity contribution in [1.82, 2.24) is 0 Å². The first-order valence-corrected chi connectivity index (χ1v) is 9.10. The van der Waals surface area contributed by atoms with Crippen LogP contribution in [0.1, 0.15) is 31.1 Å². The number of imide groups is 1. The van der Waals surface area contributed by atoms with Gasteiger partial charge in [-0.1, -0.05) is 29.8 Å². The van der Waals surface area contributed by atoms with Crippen molar-refractivity contribution >= 4 is 40.7 Å². The summed E-state index contributed by atoms with van der Waals surface area (Å²) < 4.78 is 5.12. The molecule has 0 bridgehead atoms. The van der Waals surface area contributed by atoms with Gasteiger partial charge in [-0.3, -0.25) is 14.4 Å². The van der Waals surface area contributed by atoms with Gasteiger partial charge in [0.15, 0.2) is 0 Å². The molecule has 0 saturated heterocycles. The molecule has 3 aromatic carbocycles. The van der Waals surface area contributed by atoms with Gasteiger partial charge in [0.2, 0.25) is 0 Å². The molecule has 0 radical (unpaired) electrons. The minimum Gasteiger partial charge on any atom is -0.497 e. The van der Waals surface area contributed by atoms with Gasteiger partial charge in [0.25, 0.3) is 17.7 Å². The summed E-state index contributed by atoms with van der Waals surface area (Å²) in [5, 5.41) is 2.92. The lowest BCUT2D eigenvalue weighted by atomic mass is 10.1. The molecule has 0 atom stereocenters. The molecule has 6 nitrogen and oxygen atoms in total. The van der Waals surface area contributed by atoms with Crippen LogP contribution in [-0.2, 0) is 0 Å². The highest BCUT2D eigenvalue weighted by atomic mass is 35.5. The summed E-state index contributed by atoms with van der Waals surface area (Å²) in [5.74, 6) is -0.617. The second-order valence-electron chi connectivity index (χ2n) is 6.34. The van der Waals surface area contributed by atoms with Crippen molar-refractivity contribution < 1.29 is 19.1 Å². The van der Waals surface area contributed by atoms with Crippen molar-refractivity contribution in [2.24, 2.45) is 0 Å². The van der Waals surface area contributed by atoms with Crippen LogP contribution in [0.25, 0.3) is 0 Å². The van der Waals surface area contributed by atoms with Gasteiger partial charge < -0.3 is 10.1 Å². The molecule has 0 aromatic heterocycles. The smallest absolute Gasteiger partial charge is 0.266 e. The SMILES string of the molecule is COc1cccc(C(=O)Nc2ccc(N3C(=O)c4ccccc4C3=O)cc2Cl)c1. The Hall–Kier alpha value is -3.64. The Morgan fingerprint density at radius 3 is 2.24 bits per heavy atom. The van der Waals surface area contributed by atoms with E-state index in [1.165, 1.54) is 13.2 Å². The van der Waals surface area contributed by atoms with Crippen LogP contribution in [0.3, 0.4) is 0 Å². The van der Waals surface area contributed by atoms with Crippen LogP contribution < -0.4 is 15.0 Å². The molecule has 144 valence electrons. The number of benzene rings is 3. The largest absolute Gasteiger partial charge is 0.497 e. The van der Waals surface area contributed by atoms with E-state index in [1.807, 2.05) is 0 Å². The number of rotatable bonds is 4. The number of halogens is 1. The first-order valence-electron chi connectivity index (χ1n) is 8.72. The molecule has 3 aromatic rings. The van der Waals surface area contributed by atoms with Gasteiger partial charge in [0, 0.05) is 5.56 Å². The van der Waals surface area contributed by atoms with Crippen LogP contribution in [0.2, 0.25) is 5.02 Å². The summed E-state index contributed by atoms with van der Waals surface area (Å²) in [5.41, 5.74) is 1.80. The molecule has 0 unspecified atom stereocenters. The minimum absolute atomic E-state index is 0.204. The number of nitrogens with zero attached hydrogens (tertiary/aromatic N) is 1. The fourth-order valence-electron chi connectivity index (χ4n) is 3.13. The van der Waals surface area contributed by atoms with E-state index in [1.54, 1.807) is 60.7 Å². The molecule has 1 aliphatic rings. The maximum absolute atomic E-state index is 12.6. The quantitative estimate of drug-likeness (QED) is 0.651. The second kappa shape index (κ2) is 7.41. The second-order valence-corrected chi connectivity index (χ2v) is 6.75. The zero-order valence-corrected chi connectivity index (χ0v) is 16.1. The number of amides is 3. The lowest BCUT2D eigenvalue weighted by molar-refractivity contribution is 0.0924. The van der Waals surface area contributed by atoms with Crippen LogP contribution in [0.4, 0.5) is 11.4 Å². The third kappa shape index (κ3) is 3.34. The van der Waals surface area contributed by atoms with Crippen LogP contribution in [0.15, 0.2) is 66.7 Å². The summed E-state index contributed by atoms with van der Waals surface area (Å²) >= 11 is 6.32. The highest BCUT2D eigenvalue weighted by Crippen LogP contribution is 2.33. The van der Waals surface area contributed by atoms with Gasteiger partial charge in [-0.15, -0.1) is 0 Å². The molecule has 0 aliphatic carbocycles. The molecular weight excluding hydrogens is 392 g/mol. The van der Waals surface area contributed by atoms with E-state index < -0.39 is 11.8 Å². The third-order valence-electron chi connectivity index (χ3n) is 4.59. The van der Waals surface area contributed by atoms with Crippen LogP contribution >= 0.6 is 11.6 Å². The zero-order valence-electron chi connectivity index (χ0n) is 15.3. The number of nitrogens with one attached hydrogen (secondary N) is 1. The number of hydrogen-bond donors (Lipinski definition) is 1. The molecule has 0 fully saturated rings. The van der Waals surface area contributed by atoms with E-state index in [-0.39, 0.29) is 10.9 Å². The number of carbonyl (C=O) groups is 3. The van der Waals surface area contributed by atoms with Gasteiger partial charge in [-0.05, 0) is 48.5 Å². The van der Waals surface area contributed by atoms with E-state index in [2.05, 4.69) is 5.32 Å². The summed E-state index contributed by atoms with van der Waals surface area (Å²) in [4.78, 5) is 38.8. The summed E-state index contributed by atoms with van der Waals surface area (Å²) in [6.45, 7) is 0. The Balaban J connectivity index is 1.58. The van der Waals surface area contributed by atoms with Crippen LogP contribution in [-0.4, -0.2) is 24.8 Å². The standard InChI is InChI=1S/C22H15ClN2O4/c1-29-15-6-4-5-13(11-15)20(26)24-19-10-9-14(12-18(19)23)25-21(27)16-7-2-3-8-17(16)22(25)28/h2-12H,1H3,(H,24,26). The average Bonchev–Trinajstić information content (AvgIpc) is 3.00. The average molecular weight is 407 g/mol. The Labute approximate surface area is 171 Å². The zero-order chi connectivity index (χ0) is 20.5. The van der Waals surface area contributed by atoms with Crippen molar-refractivity contribution in [3.63, 3.8) is 0 Å². The van der Waals surface area contributed by atoms with E-state index in [0.717, 1.165) is 4.90 Å². The molecule has 7 heteroatoms. The predicted octanol–water partition coefficient (Wildman–Crippen LogP) is 4.40. The minimum atomic E-state index is -0.408. The molecule has 3 amide bonds. The van der Waals surface area contributed by atoms with Gasteiger partial charge >= 0.3 is 0 Å². The number of carbonyl (C=O) groups excluding carboxylic acids is 3. The molecule has 29 heavy (non-hydrogen) atoms. The number of hydrogen-bond acceptors (Lipinski definition) is 4. The monoisotopic (exact) mass is 406 g/mol. The maximum Gasteiger partial charge on any atom is 0.266 e. The fourth-order valence-corrected chi connectivity index (χ4v) is 3.35. The summed E-state index contributed by atoms with van der Waals surface area (Å²) in [6.07, 6.45) is 0. The number of ether oxygens (including phenoxy) is 1. The predicted molar refractivity (Wildman–Crippen MR) is 110 cm³/mol. The van der Waals surface area contributed by atoms with Gasteiger partial charge in [0.05, 0.1) is 34.6 Å².